The first-order valence-corrected chi connectivity index (χ1v) is 4.31. The van der Waals surface area contributed by atoms with E-state index in [2.05, 4.69) is 13.8 Å². The molecule has 10 heavy (non-hydrogen) atoms. The molecule has 0 aromatic carbocycles. The molecular weight excluding hydrogens is 124 g/mol. The van der Waals surface area contributed by atoms with E-state index < -0.39 is 0 Å². The molecule has 58 valence electrons. The average molecular weight is 140 g/mol. The third kappa shape index (κ3) is 0.672. The van der Waals surface area contributed by atoms with Crippen LogP contribution in [0.3, 0.4) is 0 Å². The molecule has 2 aliphatic carbocycles. The minimum absolute atomic E-state index is 0.434. The average Bonchev–Trinajstić information content (AvgIpc) is 2.73. The Hall–Kier alpha value is -0.0400. The molecule has 2 saturated carbocycles. The van der Waals surface area contributed by atoms with Crippen LogP contribution in [0.2, 0.25) is 0 Å². The summed E-state index contributed by atoms with van der Waals surface area (Å²) in [5.41, 5.74) is 0.656. The quantitative estimate of drug-likeness (QED) is 0.618. The summed E-state index contributed by atoms with van der Waals surface area (Å²) in [7, 11) is 0. The van der Waals surface area contributed by atoms with Crippen molar-refractivity contribution >= 4 is 0 Å². The van der Waals surface area contributed by atoms with E-state index in [1.807, 2.05) is 0 Å². The molecule has 3 atom stereocenters. The third-order valence-corrected chi connectivity index (χ3v) is 3.48. The van der Waals surface area contributed by atoms with Gasteiger partial charge in [0.05, 0.1) is 0 Å². The van der Waals surface area contributed by atoms with Crippen LogP contribution in [0.1, 0.15) is 26.7 Å². The van der Waals surface area contributed by atoms with Crippen LogP contribution >= 0.6 is 0 Å². The summed E-state index contributed by atoms with van der Waals surface area (Å²) in [6, 6.07) is 0. The molecule has 1 nitrogen and oxygen atoms in total. The van der Waals surface area contributed by atoms with Gasteiger partial charge in [0.25, 0.3) is 0 Å². The van der Waals surface area contributed by atoms with Crippen molar-refractivity contribution in [3.05, 3.63) is 0 Å². The molecule has 1 N–H and O–H groups in total. The number of aliphatic hydroxyl groups excluding tert-OH is 1. The zero-order valence-corrected chi connectivity index (χ0v) is 6.80. The lowest BCUT2D eigenvalue weighted by Gasteiger charge is -2.00. The molecule has 2 aliphatic rings. The van der Waals surface area contributed by atoms with Crippen LogP contribution in [-0.4, -0.2) is 11.7 Å². The highest BCUT2D eigenvalue weighted by Gasteiger charge is 2.70. The minimum Gasteiger partial charge on any atom is -0.396 e. The highest BCUT2D eigenvalue weighted by atomic mass is 16.3. The van der Waals surface area contributed by atoms with Crippen molar-refractivity contribution in [2.45, 2.75) is 26.7 Å². The molecule has 0 aliphatic heterocycles. The van der Waals surface area contributed by atoms with Gasteiger partial charge in [0.1, 0.15) is 0 Å². The summed E-state index contributed by atoms with van der Waals surface area (Å²) < 4.78 is 0. The molecule has 0 aromatic heterocycles. The van der Waals surface area contributed by atoms with Gasteiger partial charge in [-0.3, -0.25) is 0 Å². The molecule has 2 fully saturated rings. The molecule has 0 amide bonds. The Labute approximate surface area is 62.4 Å². The van der Waals surface area contributed by atoms with Crippen molar-refractivity contribution in [3.63, 3.8) is 0 Å². The first-order valence-electron chi connectivity index (χ1n) is 4.31. The standard InChI is InChI=1S/C9H16O/c1-6(2)8-4-9(8)3-7(9)5-10/h6-8,10H,3-5H2,1-2H3/t7-,8+,9-/m0/s1. The maximum absolute atomic E-state index is 8.88. The van der Waals surface area contributed by atoms with Crippen molar-refractivity contribution in [1.82, 2.24) is 0 Å². The van der Waals surface area contributed by atoms with Crippen molar-refractivity contribution in [3.8, 4) is 0 Å². The second kappa shape index (κ2) is 1.76. The first kappa shape index (κ1) is 6.66. The van der Waals surface area contributed by atoms with Crippen LogP contribution in [0.25, 0.3) is 0 Å². The molecule has 0 unspecified atom stereocenters. The predicted octanol–water partition coefficient (Wildman–Crippen LogP) is 1.66. The fourth-order valence-electron chi connectivity index (χ4n) is 2.60. The van der Waals surface area contributed by atoms with Crippen molar-refractivity contribution < 1.29 is 5.11 Å². The smallest absolute Gasteiger partial charge is 0.0464 e. The molecule has 0 heterocycles. The first-order chi connectivity index (χ1) is 4.70. The summed E-state index contributed by atoms with van der Waals surface area (Å²) in [6.07, 6.45) is 2.71. The Morgan fingerprint density at radius 1 is 1.50 bits per heavy atom. The van der Waals surface area contributed by atoms with Crippen LogP contribution in [-0.2, 0) is 0 Å². The van der Waals surface area contributed by atoms with Gasteiger partial charge in [-0.25, -0.2) is 0 Å². The van der Waals surface area contributed by atoms with E-state index >= 15 is 0 Å². The van der Waals surface area contributed by atoms with Gasteiger partial charge in [0.15, 0.2) is 0 Å². The van der Waals surface area contributed by atoms with Gasteiger partial charge in [-0.2, -0.15) is 0 Å². The molecule has 0 saturated heterocycles. The molecule has 2 rings (SSSR count). The Balaban J connectivity index is 1.91. The molecule has 1 heteroatoms. The van der Waals surface area contributed by atoms with E-state index in [-0.39, 0.29) is 0 Å². The topological polar surface area (TPSA) is 20.2 Å². The van der Waals surface area contributed by atoms with Gasteiger partial charge in [-0.05, 0) is 36.0 Å². The van der Waals surface area contributed by atoms with Gasteiger partial charge >= 0.3 is 0 Å². The van der Waals surface area contributed by atoms with Gasteiger partial charge < -0.3 is 5.11 Å². The minimum atomic E-state index is 0.434. The highest BCUT2D eigenvalue weighted by molar-refractivity contribution is 5.18. The lowest BCUT2D eigenvalue weighted by molar-refractivity contribution is 0.262. The van der Waals surface area contributed by atoms with E-state index in [0.29, 0.717) is 17.9 Å². The second-order valence-electron chi connectivity index (χ2n) is 4.37. The molecule has 0 radical (unpaired) electrons. The fraction of sp³-hybridized carbons (Fsp3) is 1.00. The Morgan fingerprint density at radius 3 is 2.50 bits per heavy atom. The van der Waals surface area contributed by atoms with E-state index in [1.54, 1.807) is 0 Å². The maximum atomic E-state index is 8.88. The van der Waals surface area contributed by atoms with Crippen molar-refractivity contribution in [2.75, 3.05) is 6.61 Å². The third-order valence-electron chi connectivity index (χ3n) is 3.48. The number of hydrogen-bond donors (Lipinski definition) is 1. The van der Waals surface area contributed by atoms with E-state index in [4.69, 9.17) is 5.11 Å². The fourth-order valence-corrected chi connectivity index (χ4v) is 2.60. The van der Waals surface area contributed by atoms with Crippen LogP contribution in [0.4, 0.5) is 0 Å². The second-order valence-corrected chi connectivity index (χ2v) is 4.37. The molecule has 1 spiro atoms. The van der Waals surface area contributed by atoms with Crippen LogP contribution in [0, 0.1) is 23.2 Å². The number of aliphatic hydroxyl groups is 1. The summed E-state index contributed by atoms with van der Waals surface area (Å²) in [5, 5.41) is 8.88. The van der Waals surface area contributed by atoms with E-state index in [0.717, 1.165) is 11.8 Å². The van der Waals surface area contributed by atoms with Crippen LogP contribution in [0.15, 0.2) is 0 Å². The van der Waals surface area contributed by atoms with Gasteiger partial charge in [0.2, 0.25) is 0 Å². The van der Waals surface area contributed by atoms with Crippen LogP contribution in [0.5, 0.6) is 0 Å². The van der Waals surface area contributed by atoms with Gasteiger partial charge in [-0.15, -0.1) is 0 Å². The van der Waals surface area contributed by atoms with Crippen molar-refractivity contribution in [1.29, 1.82) is 0 Å². The largest absolute Gasteiger partial charge is 0.396 e. The van der Waals surface area contributed by atoms with E-state index in [9.17, 15) is 0 Å². The SMILES string of the molecule is CC(C)[C@H]1C[C@]12C[C@H]2CO. The predicted molar refractivity (Wildman–Crippen MR) is 40.6 cm³/mol. The summed E-state index contributed by atoms with van der Waals surface area (Å²) >= 11 is 0. The Bertz CT molecular complexity index is 153. The number of hydrogen-bond acceptors (Lipinski definition) is 1. The lowest BCUT2D eigenvalue weighted by Crippen LogP contribution is -1.96. The summed E-state index contributed by atoms with van der Waals surface area (Å²) in [4.78, 5) is 0. The zero-order valence-electron chi connectivity index (χ0n) is 6.80. The molecular formula is C9H16O. The Kier molecular flexibility index (Phi) is 1.17. The zero-order chi connectivity index (χ0) is 7.35. The van der Waals surface area contributed by atoms with Crippen LogP contribution < -0.4 is 0 Å². The maximum Gasteiger partial charge on any atom is 0.0464 e. The van der Waals surface area contributed by atoms with Crippen molar-refractivity contribution in [2.24, 2.45) is 23.2 Å². The number of rotatable bonds is 2. The van der Waals surface area contributed by atoms with E-state index in [1.165, 1.54) is 12.8 Å². The summed E-state index contributed by atoms with van der Waals surface area (Å²) in [5.74, 6) is 2.47. The van der Waals surface area contributed by atoms with Gasteiger partial charge in [0, 0.05) is 6.61 Å². The molecule has 0 aromatic rings. The lowest BCUT2D eigenvalue weighted by atomic mass is 10.1. The summed E-state index contributed by atoms with van der Waals surface area (Å²) in [6.45, 7) is 5.03. The van der Waals surface area contributed by atoms with Gasteiger partial charge in [-0.1, -0.05) is 13.8 Å². The Morgan fingerprint density at radius 2 is 2.20 bits per heavy atom. The normalized spacial score (nSPS) is 50.4. The monoisotopic (exact) mass is 140 g/mol. The highest BCUT2D eigenvalue weighted by Crippen LogP contribution is 2.76. The molecule has 0 bridgehead atoms.